The number of nitrogens with zero attached hydrogens (tertiary/aromatic N) is 1. The first-order valence-corrected chi connectivity index (χ1v) is 15.3. The van der Waals surface area contributed by atoms with Gasteiger partial charge in [0.25, 0.3) is 0 Å². The molecule has 210 valence electrons. The highest BCUT2D eigenvalue weighted by Gasteiger charge is 2.20. The second kappa shape index (κ2) is 14.7. The second-order valence-corrected chi connectivity index (χ2v) is 12.1. The maximum Gasteiger partial charge on any atom is 0.233 e. The Morgan fingerprint density at radius 1 is 0.921 bits per heavy atom. The lowest BCUT2D eigenvalue weighted by molar-refractivity contribution is -0.120. The maximum absolute atomic E-state index is 12.2. The topological polar surface area (TPSA) is 99.8 Å². The van der Waals surface area contributed by atoms with E-state index in [4.69, 9.17) is 4.74 Å². The summed E-state index contributed by atoms with van der Waals surface area (Å²) in [6.45, 7) is 4.15. The first-order valence-electron chi connectivity index (χ1n) is 13.4. The van der Waals surface area contributed by atoms with Gasteiger partial charge in [0.05, 0.1) is 12.8 Å². The molecule has 1 amide bonds. The van der Waals surface area contributed by atoms with Gasteiger partial charge in [-0.1, -0.05) is 31.4 Å². The molecule has 0 unspecified atom stereocenters. The third-order valence-electron chi connectivity index (χ3n) is 7.17. The Hall–Kier alpha value is -2.33. The summed E-state index contributed by atoms with van der Waals surface area (Å²) in [5, 5.41) is 6.57. The number of amides is 1. The van der Waals surface area contributed by atoms with Crippen molar-refractivity contribution in [3.05, 3.63) is 54.1 Å². The molecule has 2 aromatic carbocycles. The van der Waals surface area contributed by atoms with Crippen LogP contribution in [0.1, 0.15) is 50.5 Å². The summed E-state index contributed by atoms with van der Waals surface area (Å²) >= 11 is 0. The quantitative estimate of drug-likeness (QED) is 0.371. The molecule has 2 aliphatic rings. The van der Waals surface area contributed by atoms with E-state index < -0.39 is 10.0 Å². The van der Waals surface area contributed by atoms with Gasteiger partial charge in [0.15, 0.2) is 0 Å². The number of rotatable bonds is 11. The molecule has 1 saturated carbocycles. The van der Waals surface area contributed by atoms with E-state index in [1.54, 1.807) is 24.3 Å². The van der Waals surface area contributed by atoms with Crippen LogP contribution in [0, 0.1) is 5.92 Å². The molecule has 10 heteroatoms. The van der Waals surface area contributed by atoms with Crippen LogP contribution in [0.5, 0.6) is 11.5 Å². The molecular weight excluding hydrogens is 524 g/mol. The van der Waals surface area contributed by atoms with Gasteiger partial charge in [0, 0.05) is 24.8 Å². The van der Waals surface area contributed by atoms with Gasteiger partial charge in [-0.2, -0.15) is 0 Å². The van der Waals surface area contributed by atoms with Gasteiger partial charge in [-0.25, -0.2) is 8.42 Å². The molecule has 0 spiro atoms. The Labute approximate surface area is 233 Å². The molecule has 1 aliphatic heterocycles. The van der Waals surface area contributed by atoms with Crippen molar-refractivity contribution in [1.82, 2.24) is 15.5 Å². The first kappa shape index (κ1) is 30.2. The minimum Gasteiger partial charge on any atom is -0.457 e. The number of benzene rings is 2. The molecule has 0 atom stereocenters. The number of sulfonamides is 1. The van der Waals surface area contributed by atoms with Crippen LogP contribution in [0.2, 0.25) is 0 Å². The molecule has 0 bridgehead atoms. The minimum atomic E-state index is -3.30. The van der Waals surface area contributed by atoms with Gasteiger partial charge in [-0.05, 0) is 86.7 Å². The van der Waals surface area contributed by atoms with Crippen molar-refractivity contribution >= 4 is 34.0 Å². The van der Waals surface area contributed by atoms with E-state index in [1.165, 1.54) is 37.7 Å². The lowest BCUT2D eigenvalue weighted by atomic mass is 9.89. The third kappa shape index (κ3) is 10.4. The Kier molecular flexibility index (Phi) is 11.7. The smallest absolute Gasteiger partial charge is 0.233 e. The van der Waals surface area contributed by atoms with Crippen LogP contribution in [0.25, 0.3) is 0 Å². The summed E-state index contributed by atoms with van der Waals surface area (Å²) in [4.78, 5) is 14.7. The molecule has 3 N–H and O–H groups in total. The van der Waals surface area contributed by atoms with Gasteiger partial charge >= 0.3 is 0 Å². The van der Waals surface area contributed by atoms with Crippen molar-refractivity contribution in [1.29, 1.82) is 0 Å². The van der Waals surface area contributed by atoms with E-state index in [-0.39, 0.29) is 18.3 Å². The van der Waals surface area contributed by atoms with E-state index in [1.807, 2.05) is 12.1 Å². The SMILES string of the molecule is CS(=O)(=O)Nc1ccc(Oc2ccc(CN3CCC(NCC(=O)NCC4CCCCC4)CC3)cc2)cc1.Cl. The summed E-state index contributed by atoms with van der Waals surface area (Å²) in [6, 6.07) is 15.3. The number of carbonyl (C=O) groups excluding carboxylic acids is 1. The van der Waals surface area contributed by atoms with Gasteiger partial charge in [0.2, 0.25) is 15.9 Å². The zero-order valence-electron chi connectivity index (χ0n) is 22.2. The molecule has 0 radical (unpaired) electrons. The summed E-state index contributed by atoms with van der Waals surface area (Å²) in [5.74, 6) is 2.16. The molecule has 2 fully saturated rings. The zero-order chi connectivity index (χ0) is 26.1. The second-order valence-electron chi connectivity index (χ2n) is 10.4. The van der Waals surface area contributed by atoms with Gasteiger partial charge in [0.1, 0.15) is 11.5 Å². The number of piperidine rings is 1. The van der Waals surface area contributed by atoms with Crippen molar-refractivity contribution < 1.29 is 17.9 Å². The fraction of sp³-hybridized carbons (Fsp3) is 0.536. The predicted octanol–water partition coefficient (Wildman–Crippen LogP) is 4.52. The number of likely N-dealkylation sites (tertiary alicyclic amines) is 1. The summed E-state index contributed by atoms with van der Waals surface area (Å²) in [5.41, 5.74) is 1.73. The Balaban J connectivity index is 0.00000400. The van der Waals surface area contributed by atoms with Crippen molar-refractivity contribution in [3.63, 3.8) is 0 Å². The molecule has 2 aromatic rings. The molecule has 1 aliphatic carbocycles. The largest absolute Gasteiger partial charge is 0.457 e. The summed E-state index contributed by atoms with van der Waals surface area (Å²) in [7, 11) is -3.30. The monoisotopic (exact) mass is 564 g/mol. The van der Waals surface area contributed by atoms with Crippen molar-refractivity contribution in [2.24, 2.45) is 5.92 Å². The van der Waals surface area contributed by atoms with Crippen LogP contribution < -0.4 is 20.1 Å². The van der Waals surface area contributed by atoms with Crippen LogP contribution in [-0.4, -0.2) is 57.7 Å². The lowest BCUT2D eigenvalue weighted by Crippen LogP contribution is -2.46. The van der Waals surface area contributed by atoms with Gasteiger partial charge in [-0.3, -0.25) is 14.4 Å². The molecule has 1 saturated heterocycles. The third-order valence-corrected chi connectivity index (χ3v) is 7.78. The predicted molar refractivity (Wildman–Crippen MR) is 155 cm³/mol. The average molecular weight is 565 g/mol. The van der Waals surface area contributed by atoms with Crippen LogP contribution in [0.3, 0.4) is 0 Å². The summed E-state index contributed by atoms with van der Waals surface area (Å²) < 4.78 is 31.0. The van der Waals surface area contributed by atoms with Crippen LogP contribution in [-0.2, 0) is 21.4 Å². The van der Waals surface area contributed by atoms with Crippen molar-refractivity contribution in [2.75, 3.05) is 37.2 Å². The highest BCUT2D eigenvalue weighted by atomic mass is 35.5. The molecule has 4 rings (SSSR count). The van der Waals surface area contributed by atoms with E-state index in [2.05, 4.69) is 32.4 Å². The molecule has 0 aromatic heterocycles. The van der Waals surface area contributed by atoms with Crippen LogP contribution >= 0.6 is 12.4 Å². The van der Waals surface area contributed by atoms with E-state index >= 15 is 0 Å². The van der Waals surface area contributed by atoms with E-state index in [9.17, 15) is 13.2 Å². The van der Waals surface area contributed by atoms with Crippen molar-refractivity contribution in [3.8, 4) is 11.5 Å². The minimum absolute atomic E-state index is 0. The number of halogens is 1. The molecule has 38 heavy (non-hydrogen) atoms. The average Bonchev–Trinajstić information content (AvgIpc) is 2.89. The molecular formula is C28H41ClN4O4S. The fourth-order valence-electron chi connectivity index (χ4n) is 5.11. The number of hydrogen-bond acceptors (Lipinski definition) is 6. The summed E-state index contributed by atoms with van der Waals surface area (Å²) in [6.07, 6.45) is 9.66. The normalized spacial score (nSPS) is 17.4. The van der Waals surface area contributed by atoms with Gasteiger partial charge in [-0.15, -0.1) is 12.4 Å². The van der Waals surface area contributed by atoms with E-state index in [0.29, 0.717) is 29.9 Å². The molecule has 1 heterocycles. The van der Waals surface area contributed by atoms with E-state index in [0.717, 1.165) is 51.0 Å². The van der Waals surface area contributed by atoms with Crippen LogP contribution in [0.4, 0.5) is 5.69 Å². The Bertz CT molecular complexity index is 1100. The zero-order valence-corrected chi connectivity index (χ0v) is 23.8. The van der Waals surface area contributed by atoms with Crippen molar-refractivity contribution in [2.45, 2.75) is 57.5 Å². The van der Waals surface area contributed by atoms with Gasteiger partial charge < -0.3 is 15.4 Å². The number of hydrogen-bond donors (Lipinski definition) is 3. The van der Waals surface area contributed by atoms with Crippen LogP contribution in [0.15, 0.2) is 48.5 Å². The first-order chi connectivity index (χ1) is 17.8. The highest BCUT2D eigenvalue weighted by Crippen LogP contribution is 2.25. The lowest BCUT2D eigenvalue weighted by Gasteiger charge is -2.32. The molecule has 8 nitrogen and oxygen atoms in total. The Morgan fingerprint density at radius 2 is 1.53 bits per heavy atom. The maximum atomic E-state index is 12.2. The fourth-order valence-corrected chi connectivity index (χ4v) is 5.67. The number of nitrogens with one attached hydrogen (secondary N) is 3. The Morgan fingerprint density at radius 3 is 2.13 bits per heavy atom. The highest BCUT2D eigenvalue weighted by molar-refractivity contribution is 7.92. The number of ether oxygens (including phenoxy) is 1. The number of carbonyl (C=O) groups is 1. The standard InChI is InChI=1S/C28H40N4O4S.ClH/c1-37(34,35)31-25-9-13-27(14-10-25)36-26-11-7-23(8-12-26)21-32-17-15-24(16-18-32)29-20-28(33)30-19-22-5-3-2-4-6-22;/h7-14,22,24,29,31H,2-6,15-21H2,1H3,(H,30,33);1H. The number of anilines is 1.